The number of carbonyl (C=O) groups excluding carboxylic acids is 2. The molecule has 0 spiro atoms. The Morgan fingerprint density at radius 3 is 2.29 bits per heavy atom. The van der Waals surface area contributed by atoms with Crippen LogP contribution in [0, 0.1) is 11.8 Å². The van der Waals surface area contributed by atoms with E-state index in [9.17, 15) is 14.4 Å². The molecule has 8 nitrogen and oxygen atoms in total. The van der Waals surface area contributed by atoms with Crippen molar-refractivity contribution in [2.24, 2.45) is 11.8 Å². The molecule has 2 amide bonds. The fraction of sp³-hybridized carbons (Fsp3) is 0.423. The Kier molecular flexibility index (Phi) is 7.47. The molecule has 3 atom stereocenters. The van der Waals surface area contributed by atoms with Gasteiger partial charge in [-0.15, -0.1) is 0 Å². The molecule has 0 heterocycles. The number of amides is 2. The fourth-order valence-corrected chi connectivity index (χ4v) is 4.61. The average Bonchev–Trinajstić information content (AvgIpc) is 3.56. The number of hydrogen-bond acceptors (Lipinski definition) is 5. The number of carboxylic acid groups (broad SMARTS) is 1. The maximum absolute atomic E-state index is 12.7. The number of aliphatic carboxylic acids is 1. The van der Waals surface area contributed by atoms with Crippen LogP contribution >= 0.6 is 0 Å². The van der Waals surface area contributed by atoms with Crippen LogP contribution in [0.3, 0.4) is 0 Å². The first-order chi connectivity index (χ1) is 16.5. The molecule has 1 saturated carbocycles. The topological polar surface area (TPSA) is 114 Å². The quantitative estimate of drug-likeness (QED) is 0.439. The molecule has 0 bridgehead atoms. The highest BCUT2D eigenvalue weighted by Crippen LogP contribution is 2.44. The summed E-state index contributed by atoms with van der Waals surface area (Å²) in [5, 5.41) is 14.5. The van der Waals surface area contributed by atoms with Crippen LogP contribution < -0.4 is 10.6 Å². The van der Waals surface area contributed by atoms with Crippen molar-refractivity contribution < 1.29 is 29.0 Å². The molecule has 1 fully saturated rings. The minimum absolute atomic E-state index is 0.0597. The second kappa shape index (κ2) is 10.7. The predicted molar refractivity (Wildman–Crippen MR) is 125 cm³/mol. The summed E-state index contributed by atoms with van der Waals surface area (Å²) in [5.41, 5.74) is 4.51. The Balaban J connectivity index is 1.34. The van der Waals surface area contributed by atoms with E-state index in [1.54, 1.807) is 7.11 Å². The van der Waals surface area contributed by atoms with Gasteiger partial charge in [0.1, 0.15) is 12.6 Å². The number of carbonyl (C=O) groups is 3. The van der Waals surface area contributed by atoms with E-state index in [0.717, 1.165) is 22.3 Å². The molecule has 2 aromatic rings. The van der Waals surface area contributed by atoms with Crippen LogP contribution in [0.25, 0.3) is 11.1 Å². The first kappa shape index (κ1) is 23.8. The second-order valence-corrected chi connectivity index (χ2v) is 8.84. The van der Waals surface area contributed by atoms with Crippen molar-refractivity contribution in [3.63, 3.8) is 0 Å². The van der Waals surface area contributed by atoms with Gasteiger partial charge in [0.15, 0.2) is 0 Å². The van der Waals surface area contributed by atoms with Gasteiger partial charge in [-0.3, -0.25) is 9.59 Å². The average molecular weight is 467 g/mol. The van der Waals surface area contributed by atoms with Crippen LogP contribution in [0.15, 0.2) is 48.5 Å². The highest BCUT2D eigenvalue weighted by molar-refractivity contribution is 5.86. The number of ether oxygens (including phenoxy) is 2. The zero-order valence-corrected chi connectivity index (χ0v) is 19.2. The largest absolute Gasteiger partial charge is 0.481 e. The Hall–Kier alpha value is -3.39. The minimum atomic E-state index is -0.840. The summed E-state index contributed by atoms with van der Waals surface area (Å²) < 4.78 is 10.6. The lowest BCUT2D eigenvalue weighted by Gasteiger charge is -2.20. The fourth-order valence-electron chi connectivity index (χ4n) is 4.61. The molecule has 0 aromatic heterocycles. The monoisotopic (exact) mass is 466 g/mol. The van der Waals surface area contributed by atoms with Gasteiger partial charge in [0.2, 0.25) is 5.91 Å². The summed E-state index contributed by atoms with van der Waals surface area (Å²) in [4.78, 5) is 36.3. The van der Waals surface area contributed by atoms with E-state index in [2.05, 4.69) is 22.8 Å². The third kappa shape index (κ3) is 5.39. The third-order valence-corrected chi connectivity index (χ3v) is 6.57. The predicted octanol–water partition coefficient (Wildman–Crippen LogP) is 3.16. The lowest BCUT2D eigenvalue weighted by Crippen LogP contribution is -2.47. The van der Waals surface area contributed by atoms with E-state index in [1.807, 2.05) is 36.4 Å². The molecule has 0 radical (unpaired) electrons. The number of methoxy groups -OCH3 is 1. The van der Waals surface area contributed by atoms with E-state index < -0.39 is 24.0 Å². The standard InChI is InChI=1S/C26H30N2O6/c1-33-12-6-11-23(24(29)27-14-16-13-21(16)25(30)31)28-26(32)34-15-22-19-9-4-2-7-17(19)18-8-3-5-10-20(18)22/h2-5,7-10,16,21-23H,6,11-15H2,1H3,(H,27,29)(H,28,32)(H,30,31)/t16-,21-,23?/m1/s1. The van der Waals surface area contributed by atoms with Gasteiger partial charge < -0.3 is 25.2 Å². The summed E-state index contributed by atoms with van der Waals surface area (Å²) in [5.74, 6) is -1.71. The number of rotatable bonds is 11. The first-order valence-electron chi connectivity index (χ1n) is 11.6. The number of fused-ring (bicyclic) bond motifs is 3. The first-order valence-corrected chi connectivity index (χ1v) is 11.6. The van der Waals surface area contributed by atoms with Gasteiger partial charge in [0, 0.05) is 26.2 Å². The van der Waals surface area contributed by atoms with E-state index in [-0.39, 0.29) is 30.9 Å². The van der Waals surface area contributed by atoms with Crippen molar-refractivity contribution in [1.29, 1.82) is 0 Å². The smallest absolute Gasteiger partial charge is 0.407 e. The molecule has 34 heavy (non-hydrogen) atoms. The van der Waals surface area contributed by atoms with E-state index in [0.29, 0.717) is 25.9 Å². The molecule has 2 aliphatic rings. The summed E-state index contributed by atoms with van der Waals surface area (Å²) in [6.45, 7) is 0.900. The van der Waals surface area contributed by atoms with Gasteiger partial charge in [-0.25, -0.2) is 4.79 Å². The van der Waals surface area contributed by atoms with Crippen molar-refractivity contribution >= 4 is 18.0 Å². The van der Waals surface area contributed by atoms with Crippen molar-refractivity contribution in [2.75, 3.05) is 26.9 Å². The van der Waals surface area contributed by atoms with Gasteiger partial charge in [-0.05, 0) is 47.4 Å². The van der Waals surface area contributed by atoms with Crippen molar-refractivity contribution in [3.8, 4) is 11.1 Å². The van der Waals surface area contributed by atoms with Gasteiger partial charge in [-0.1, -0.05) is 48.5 Å². The summed E-state index contributed by atoms with van der Waals surface area (Å²) in [6, 6.07) is 15.4. The molecule has 2 aromatic carbocycles. The van der Waals surface area contributed by atoms with Gasteiger partial charge >= 0.3 is 12.1 Å². The van der Waals surface area contributed by atoms with Gasteiger partial charge in [0.25, 0.3) is 0 Å². The van der Waals surface area contributed by atoms with Crippen LogP contribution in [-0.4, -0.2) is 56.0 Å². The Morgan fingerprint density at radius 1 is 1.06 bits per heavy atom. The second-order valence-electron chi connectivity index (χ2n) is 8.84. The normalized spacial score (nSPS) is 19.0. The molecule has 3 N–H and O–H groups in total. The number of benzene rings is 2. The SMILES string of the molecule is COCCCC(NC(=O)OCC1c2ccccc2-c2ccccc21)C(=O)NC[C@H]1C[C@H]1C(=O)O. The Labute approximate surface area is 198 Å². The maximum atomic E-state index is 12.7. The molecule has 2 aliphatic carbocycles. The zero-order valence-electron chi connectivity index (χ0n) is 19.2. The molecule has 8 heteroatoms. The Morgan fingerprint density at radius 2 is 1.71 bits per heavy atom. The number of alkyl carbamates (subject to hydrolysis) is 1. The zero-order chi connectivity index (χ0) is 24.1. The lowest BCUT2D eigenvalue weighted by molar-refractivity contribution is -0.139. The summed E-state index contributed by atoms with van der Waals surface area (Å²) in [6.07, 6.45) is 0.870. The van der Waals surface area contributed by atoms with Crippen LogP contribution in [0.4, 0.5) is 4.79 Å². The molecule has 180 valence electrons. The lowest BCUT2D eigenvalue weighted by atomic mass is 9.98. The maximum Gasteiger partial charge on any atom is 0.407 e. The molecule has 0 aliphatic heterocycles. The molecule has 0 saturated heterocycles. The molecule has 4 rings (SSSR count). The van der Waals surface area contributed by atoms with Crippen LogP contribution in [0.2, 0.25) is 0 Å². The minimum Gasteiger partial charge on any atom is -0.481 e. The molecular formula is C26H30N2O6. The van der Waals surface area contributed by atoms with Crippen molar-refractivity contribution in [2.45, 2.75) is 31.2 Å². The van der Waals surface area contributed by atoms with Crippen molar-refractivity contribution in [1.82, 2.24) is 10.6 Å². The highest BCUT2D eigenvalue weighted by atomic mass is 16.5. The summed E-state index contributed by atoms with van der Waals surface area (Å²) in [7, 11) is 1.58. The highest BCUT2D eigenvalue weighted by Gasteiger charge is 2.43. The molecule has 1 unspecified atom stereocenters. The van der Waals surface area contributed by atoms with Crippen LogP contribution in [0.5, 0.6) is 0 Å². The molecular weight excluding hydrogens is 436 g/mol. The van der Waals surface area contributed by atoms with E-state index in [4.69, 9.17) is 14.6 Å². The number of nitrogens with one attached hydrogen (secondary N) is 2. The van der Waals surface area contributed by atoms with Gasteiger partial charge in [-0.2, -0.15) is 0 Å². The Bertz CT molecular complexity index is 1010. The van der Waals surface area contributed by atoms with E-state index in [1.165, 1.54) is 0 Å². The van der Waals surface area contributed by atoms with Crippen LogP contribution in [-0.2, 0) is 19.1 Å². The van der Waals surface area contributed by atoms with E-state index >= 15 is 0 Å². The number of carboxylic acids is 1. The third-order valence-electron chi connectivity index (χ3n) is 6.57. The van der Waals surface area contributed by atoms with Crippen LogP contribution in [0.1, 0.15) is 36.3 Å². The van der Waals surface area contributed by atoms with Crippen molar-refractivity contribution in [3.05, 3.63) is 59.7 Å². The number of hydrogen-bond donors (Lipinski definition) is 3. The summed E-state index contributed by atoms with van der Waals surface area (Å²) >= 11 is 0. The van der Waals surface area contributed by atoms with Gasteiger partial charge in [0.05, 0.1) is 5.92 Å².